The first-order valence-electron chi connectivity index (χ1n) is 9.41. The molecule has 6 heteroatoms. The molecule has 0 saturated carbocycles. The van der Waals surface area contributed by atoms with E-state index in [1.165, 1.54) is 11.3 Å². The largest absolute Gasteiger partial charge is 0.369 e. The fourth-order valence-corrected chi connectivity index (χ4v) is 3.86. The second kappa shape index (κ2) is 8.06. The van der Waals surface area contributed by atoms with Gasteiger partial charge in [0.25, 0.3) is 0 Å². The van der Waals surface area contributed by atoms with Crippen molar-refractivity contribution in [2.24, 2.45) is 0 Å². The summed E-state index contributed by atoms with van der Waals surface area (Å²) in [6, 6.07) is 21.0. The molecular formula is C21H25N5S. The molecule has 0 N–H and O–H groups in total. The number of rotatable bonds is 5. The molecule has 27 heavy (non-hydrogen) atoms. The van der Waals surface area contributed by atoms with Gasteiger partial charge in [0.1, 0.15) is 5.82 Å². The molecule has 0 aliphatic carbocycles. The molecule has 1 aromatic heterocycles. The quantitative estimate of drug-likeness (QED) is 0.634. The molecule has 0 bridgehead atoms. The monoisotopic (exact) mass is 379 g/mol. The Morgan fingerprint density at radius 1 is 0.889 bits per heavy atom. The van der Waals surface area contributed by atoms with Gasteiger partial charge >= 0.3 is 0 Å². The lowest BCUT2D eigenvalue weighted by atomic mass is 10.2. The van der Waals surface area contributed by atoms with Gasteiger partial charge in [0.15, 0.2) is 4.77 Å². The van der Waals surface area contributed by atoms with Crippen molar-refractivity contribution < 1.29 is 0 Å². The van der Waals surface area contributed by atoms with Crippen LogP contribution in [-0.4, -0.2) is 45.4 Å². The molecule has 4 rings (SSSR count). The number of hydrogen-bond acceptors (Lipinski definition) is 4. The summed E-state index contributed by atoms with van der Waals surface area (Å²) in [6.07, 6.45) is 0. The summed E-state index contributed by atoms with van der Waals surface area (Å²) in [5.41, 5.74) is 2.55. The second-order valence-corrected chi connectivity index (χ2v) is 7.35. The van der Waals surface area contributed by atoms with E-state index in [4.69, 9.17) is 17.3 Å². The Hall–Kier alpha value is -2.44. The number of nitrogens with zero attached hydrogens (tertiary/aromatic N) is 5. The fourth-order valence-electron chi connectivity index (χ4n) is 3.57. The Morgan fingerprint density at radius 3 is 2.19 bits per heavy atom. The Balaban J connectivity index is 1.41. The first kappa shape index (κ1) is 17.9. The first-order valence-corrected chi connectivity index (χ1v) is 9.82. The van der Waals surface area contributed by atoms with Crippen molar-refractivity contribution in [2.75, 3.05) is 31.1 Å². The lowest BCUT2D eigenvalue weighted by Gasteiger charge is -2.35. The van der Waals surface area contributed by atoms with Crippen LogP contribution in [0.25, 0.3) is 0 Å². The van der Waals surface area contributed by atoms with Gasteiger partial charge in [-0.25, -0.2) is 4.68 Å². The van der Waals surface area contributed by atoms with Crippen molar-refractivity contribution in [1.29, 1.82) is 0 Å². The van der Waals surface area contributed by atoms with Crippen LogP contribution in [0.1, 0.15) is 11.4 Å². The summed E-state index contributed by atoms with van der Waals surface area (Å²) in [4.78, 5) is 4.86. The second-order valence-electron chi connectivity index (χ2n) is 6.98. The first-order chi connectivity index (χ1) is 13.2. The molecule has 2 aromatic carbocycles. The average Bonchev–Trinajstić information content (AvgIpc) is 2.97. The number of para-hydroxylation sites is 1. The lowest BCUT2D eigenvalue weighted by Crippen LogP contribution is -2.47. The van der Waals surface area contributed by atoms with Crippen LogP contribution < -0.4 is 4.90 Å². The van der Waals surface area contributed by atoms with Crippen molar-refractivity contribution in [3.8, 4) is 0 Å². The number of aryl methyl sites for hydroxylation is 1. The summed E-state index contributed by atoms with van der Waals surface area (Å²) >= 11 is 5.71. The summed E-state index contributed by atoms with van der Waals surface area (Å²) in [6.45, 7) is 7.64. The number of anilines is 1. The molecule has 3 aromatic rings. The number of benzene rings is 2. The Kier molecular flexibility index (Phi) is 5.36. The van der Waals surface area contributed by atoms with Gasteiger partial charge in [0.2, 0.25) is 0 Å². The van der Waals surface area contributed by atoms with Crippen LogP contribution in [0.15, 0.2) is 60.7 Å². The zero-order valence-electron chi connectivity index (χ0n) is 15.7. The minimum Gasteiger partial charge on any atom is -0.369 e. The fraction of sp³-hybridized carbons (Fsp3) is 0.333. The maximum Gasteiger partial charge on any atom is 0.199 e. The van der Waals surface area contributed by atoms with Crippen LogP contribution in [-0.2, 0) is 13.2 Å². The maximum atomic E-state index is 5.71. The number of hydrogen-bond donors (Lipinski definition) is 0. The number of aromatic nitrogens is 3. The van der Waals surface area contributed by atoms with Gasteiger partial charge in [-0.15, -0.1) is 0 Å². The van der Waals surface area contributed by atoms with Crippen LogP contribution in [0, 0.1) is 11.7 Å². The zero-order valence-corrected chi connectivity index (χ0v) is 16.5. The summed E-state index contributed by atoms with van der Waals surface area (Å²) < 4.78 is 4.87. The normalized spacial score (nSPS) is 15.2. The van der Waals surface area contributed by atoms with Crippen LogP contribution in [0.4, 0.5) is 5.69 Å². The molecule has 1 saturated heterocycles. The third-order valence-corrected chi connectivity index (χ3v) is 5.55. The predicted molar refractivity (Wildman–Crippen MR) is 112 cm³/mol. The van der Waals surface area contributed by atoms with Crippen LogP contribution in [0.3, 0.4) is 0 Å². The molecule has 5 nitrogen and oxygen atoms in total. The molecule has 0 radical (unpaired) electrons. The Labute approximate surface area is 165 Å². The predicted octanol–water partition coefficient (Wildman–Crippen LogP) is 3.55. The molecule has 2 heterocycles. The smallest absolute Gasteiger partial charge is 0.199 e. The highest BCUT2D eigenvalue weighted by atomic mass is 32.1. The molecule has 1 aliphatic heterocycles. The molecule has 1 fully saturated rings. The van der Waals surface area contributed by atoms with Crippen LogP contribution in [0.5, 0.6) is 0 Å². The third-order valence-electron chi connectivity index (χ3n) is 5.12. The van der Waals surface area contributed by atoms with Crippen LogP contribution in [0.2, 0.25) is 0 Å². The minimum absolute atomic E-state index is 0.754. The molecule has 0 spiro atoms. The van der Waals surface area contributed by atoms with E-state index in [0.717, 1.165) is 50.0 Å². The van der Waals surface area contributed by atoms with Gasteiger partial charge < -0.3 is 4.90 Å². The van der Waals surface area contributed by atoms with E-state index in [2.05, 4.69) is 69.0 Å². The van der Waals surface area contributed by atoms with Crippen molar-refractivity contribution in [1.82, 2.24) is 19.2 Å². The van der Waals surface area contributed by atoms with Gasteiger partial charge in [-0.05, 0) is 36.8 Å². The van der Waals surface area contributed by atoms with Crippen molar-refractivity contribution in [2.45, 2.75) is 20.1 Å². The zero-order chi connectivity index (χ0) is 18.6. The topological polar surface area (TPSA) is 29.2 Å². The maximum absolute atomic E-state index is 5.71. The van der Waals surface area contributed by atoms with E-state index < -0.39 is 0 Å². The van der Waals surface area contributed by atoms with E-state index in [9.17, 15) is 0 Å². The van der Waals surface area contributed by atoms with Gasteiger partial charge in [0.05, 0.1) is 13.2 Å². The minimum atomic E-state index is 0.754. The van der Waals surface area contributed by atoms with E-state index in [1.807, 2.05) is 17.7 Å². The Morgan fingerprint density at radius 2 is 1.52 bits per heavy atom. The van der Waals surface area contributed by atoms with Gasteiger partial charge in [0, 0.05) is 31.9 Å². The van der Waals surface area contributed by atoms with Crippen LogP contribution >= 0.6 is 12.2 Å². The van der Waals surface area contributed by atoms with Gasteiger partial charge in [-0.1, -0.05) is 48.5 Å². The SMILES string of the molecule is Cc1nn(CN2CCN(c3ccccc3)CC2)c(=S)n1Cc1ccccc1. The van der Waals surface area contributed by atoms with E-state index >= 15 is 0 Å². The van der Waals surface area contributed by atoms with Gasteiger partial charge in [-0.2, -0.15) is 5.10 Å². The standard InChI is InChI=1S/C21H25N5S/c1-18-22-26(21(27)25(18)16-19-8-4-2-5-9-19)17-23-12-14-24(15-13-23)20-10-6-3-7-11-20/h2-11H,12-17H2,1H3. The molecular weight excluding hydrogens is 354 g/mol. The Bertz CT molecular complexity index is 924. The summed E-state index contributed by atoms with van der Waals surface area (Å²) in [5.74, 6) is 0.965. The molecule has 140 valence electrons. The van der Waals surface area contributed by atoms with Crippen molar-refractivity contribution in [3.05, 3.63) is 76.8 Å². The highest BCUT2D eigenvalue weighted by molar-refractivity contribution is 7.71. The van der Waals surface area contributed by atoms with Crippen molar-refractivity contribution >= 4 is 17.9 Å². The summed E-state index contributed by atoms with van der Waals surface area (Å²) in [7, 11) is 0. The van der Waals surface area contributed by atoms with E-state index in [1.54, 1.807) is 0 Å². The molecule has 1 aliphatic rings. The molecule has 0 atom stereocenters. The lowest BCUT2D eigenvalue weighted by molar-refractivity contribution is 0.194. The van der Waals surface area contributed by atoms with Gasteiger partial charge in [-0.3, -0.25) is 9.47 Å². The van der Waals surface area contributed by atoms with E-state index in [0.29, 0.717) is 0 Å². The van der Waals surface area contributed by atoms with E-state index in [-0.39, 0.29) is 0 Å². The summed E-state index contributed by atoms with van der Waals surface area (Å²) in [5, 5.41) is 4.70. The average molecular weight is 380 g/mol. The van der Waals surface area contributed by atoms with Crippen molar-refractivity contribution in [3.63, 3.8) is 0 Å². The molecule has 0 unspecified atom stereocenters. The number of piperazine rings is 1. The highest BCUT2D eigenvalue weighted by Crippen LogP contribution is 2.16. The highest BCUT2D eigenvalue weighted by Gasteiger charge is 2.18. The molecule has 0 amide bonds. The third kappa shape index (κ3) is 4.12.